The van der Waals surface area contributed by atoms with Gasteiger partial charge < -0.3 is 15.5 Å². The number of rotatable bonds is 7. The van der Waals surface area contributed by atoms with Crippen molar-refractivity contribution in [3.8, 4) is 11.3 Å². The van der Waals surface area contributed by atoms with E-state index < -0.39 is 0 Å². The number of nitrogens with zero attached hydrogens (tertiary/aromatic N) is 4. The zero-order valence-electron chi connectivity index (χ0n) is 22.1. The SMILES string of the molecule is CN(C)c1nc(NC2CCC(NCc3cc(-c4ccccc4)nc4ccccc34)CC2)nc2ccccc12. The van der Waals surface area contributed by atoms with Crippen molar-refractivity contribution in [1.29, 1.82) is 0 Å². The molecule has 3 aromatic carbocycles. The Hall–Kier alpha value is -4.03. The summed E-state index contributed by atoms with van der Waals surface area (Å²) in [5, 5.41) is 9.78. The highest BCUT2D eigenvalue weighted by molar-refractivity contribution is 5.90. The number of hydrogen-bond donors (Lipinski definition) is 2. The van der Waals surface area contributed by atoms with Crippen LogP contribution < -0.4 is 15.5 Å². The number of fused-ring (bicyclic) bond motifs is 2. The lowest BCUT2D eigenvalue weighted by Gasteiger charge is -2.30. The number of benzene rings is 3. The topological polar surface area (TPSA) is 66.0 Å². The van der Waals surface area contributed by atoms with Crippen LogP contribution in [0.1, 0.15) is 31.2 Å². The fourth-order valence-corrected chi connectivity index (χ4v) is 5.49. The van der Waals surface area contributed by atoms with Crippen molar-refractivity contribution >= 4 is 33.6 Å². The largest absolute Gasteiger partial charge is 0.362 e. The van der Waals surface area contributed by atoms with Crippen molar-refractivity contribution in [3.05, 3.63) is 90.5 Å². The predicted octanol–water partition coefficient (Wildman–Crippen LogP) is 6.42. The van der Waals surface area contributed by atoms with Gasteiger partial charge in [0.05, 0.1) is 16.7 Å². The summed E-state index contributed by atoms with van der Waals surface area (Å²) in [6.07, 6.45) is 4.44. The van der Waals surface area contributed by atoms with Crippen LogP contribution in [-0.4, -0.2) is 41.1 Å². The van der Waals surface area contributed by atoms with E-state index in [0.29, 0.717) is 12.1 Å². The molecule has 2 heterocycles. The Morgan fingerprint density at radius 1 is 0.711 bits per heavy atom. The predicted molar refractivity (Wildman–Crippen MR) is 158 cm³/mol. The first-order chi connectivity index (χ1) is 18.6. The summed E-state index contributed by atoms with van der Waals surface area (Å²) in [7, 11) is 4.06. The highest BCUT2D eigenvalue weighted by atomic mass is 15.2. The van der Waals surface area contributed by atoms with E-state index in [1.807, 2.05) is 32.3 Å². The normalized spacial score (nSPS) is 17.5. The molecule has 2 aromatic heterocycles. The highest BCUT2D eigenvalue weighted by Gasteiger charge is 2.22. The second kappa shape index (κ2) is 10.8. The van der Waals surface area contributed by atoms with Gasteiger partial charge in [0.15, 0.2) is 0 Å². The lowest BCUT2D eigenvalue weighted by Crippen LogP contribution is -2.37. The number of anilines is 2. The van der Waals surface area contributed by atoms with Gasteiger partial charge in [-0.25, -0.2) is 9.97 Å². The van der Waals surface area contributed by atoms with Gasteiger partial charge in [-0.15, -0.1) is 0 Å². The first-order valence-electron chi connectivity index (χ1n) is 13.5. The number of pyridine rings is 1. The average molecular weight is 503 g/mol. The molecule has 1 aliphatic rings. The second-order valence-electron chi connectivity index (χ2n) is 10.4. The molecule has 1 saturated carbocycles. The van der Waals surface area contributed by atoms with Crippen LogP contribution in [0.15, 0.2) is 84.9 Å². The van der Waals surface area contributed by atoms with E-state index >= 15 is 0 Å². The fraction of sp³-hybridized carbons (Fsp3) is 0.281. The molecule has 0 bridgehead atoms. The fourth-order valence-electron chi connectivity index (χ4n) is 5.49. The van der Waals surface area contributed by atoms with Gasteiger partial charge in [-0.3, -0.25) is 0 Å². The van der Waals surface area contributed by atoms with E-state index in [0.717, 1.165) is 71.7 Å². The molecule has 0 atom stereocenters. The van der Waals surface area contributed by atoms with E-state index in [4.69, 9.17) is 15.0 Å². The molecule has 6 heteroatoms. The van der Waals surface area contributed by atoms with E-state index in [1.165, 1.54) is 10.9 Å². The molecule has 0 aliphatic heterocycles. The van der Waals surface area contributed by atoms with Gasteiger partial charge in [0.1, 0.15) is 5.82 Å². The zero-order chi connectivity index (χ0) is 25.9. The average Bonchev–Trinajstić information content (AvgIpc) is 2.96. The molecular formula is C32H34N6. The van der Waals surface area contributed by atoms with Gasteiger partial charge in [-0.2, -0.15) is 4.98 Å². The number of hydrogen-bond acceptors (Lipinski definition) is 6. The molecule has 38 heavy (non-hydrogen) atoms. The van der Waals surface area contributed by atoms with Crippen molar-refractivity contribution in [1.82, 2.24) is 20.3 Å². The maximum Gasteiger partial charge on any atom is 0.225 e. The van der Waals surface area contributed by atoms with Crippen LogP contribution in [-0.2, 0) is 6.54 Å². The van der Waals surface area contributed by atoms with Crippen molar-refractivity contribution in [3.63, 3.8) is 0 Å². The third-order valence-electron chi connectivity index (χ3n) is 7.52. The third kappa shape index (κ3) is 5.18. The Morgan fingerprint density at radius 3 is 2.08 bits per heavy atom. The summed E-state index contributed by atoms with van der Waals surface area (Å²) in [6, 6.07) is 30.2. The highest BCUT2D eigenvalue weighted by Crippen LogP contribution is 2.28. The minimum atomic E-state index is 0.385. The van der Waals surface area contributed by atoms with E-state index in [-0.39, 0.29) is 0 Å². The van der Waals surface area contributed by atoms with Gasteiger partial charge >= 0.3 is 0 Å². The Balaban J connectivity index is 1.12. The van der Waals surface area contributed by atoms with Gasteiger partial charge in [-0.05, 0) is 55.5 Å². The summed E-state index contributed by atoms with van der Waals surface area (Å²) in [5.41, 5.74) is 5.51. The van der Waals surface area contributed by atoms with Crippen LogP contribution in [0.5, 0.6) is 0 Å². The molecule has 1 fully saturated rings. The van der Waals surface area contributed by atoms with Crippen LogP contribution in [0.4, 0.5) is 11.8 Å². The van der Waals surface area contributed by atoms with E-state index in [9.17, 15) is 0 Å². The first kappa shape index (κ1) is 24.3. The number of aromatic nitrogens is 3. The maximum absolute atomic E-state index is 4.94. The Morgan fingerprint density at radius 2 is 1.34 bits per heavy atom. The molecular weight excluding hydrogens is 468 g/mol. The molecule has 6 rings (SSSR count). The van der Waals surface area contributed by atoms with Crippen LogP contribution >= 0.6 is 0 Å². The summed E-state index contributed by atoms with van der Waals surface area (Å²) in [4.78, 5) is 16.6. The van der Waals surface area contributed by atoms with Crippen molar-refractivity contribution in [2.45, 2.75) is 44.3 Å². The minimum absolute atomic E-state index is 0.385. The monoisotopic (exact) mass is 502 g/mol. The number of para-hydroxylation sites is 2. The molecule has 6 nitrogen and oxygen atoms in total. The molecule has 0 radical (unpaired) electrons. The third-order valence-corrected chi connectivity index (χ3v) is 7.52. The van der Waals surface area contributed by atoms with Gasteiger partial charge in [0.25, 0.3) is 0 Å². The molecule has 0 amide bonds. The minimum Gasteiger partial charge on any atom is -0.362 e. The van der Waals surface area contributed by atoms with Crippen LogP contribution in [0.25, 0.3) is 33.1 Å². The van der Waals surface area contributed by atoms with Gasteiger partial charge in [0, 0.05) is 49.1 Å². The van der Waals surface area contributed by atoms with Gasteiger partial charge in [0.2, 0.25) is 5.95 Å². The van der Waals surface area contributed by atoms with Gasteiger partial charge in [-0.1, -0.05) is 60.7 Å². The van der Waals surface area contributed by atoms with Crippen molar-refractivity contribution < 1.29 is 0 Å². The van der Waals surface area contributed by atoms with E-state index in [1.54, 1.807) is 0 Å². The Kier molecular flexibility index (Phi) is 6.88. The van der Waals surface area contributed by atoms with Crippen LogP contribution in [0.2, 0.25) is 0 Å². The summed E-state index contributed by atoms with van der Waals surface area (Å²) < 4.78 is 0. The molecule has 192 valence electrons. The molecule has 2 N–H and O–H groups in total. The molecule has 1 aliphatic carbocycles. The van der Waals surface area contributed by atoms with E-state index in [2.05, 4.69) is 82.3 Å². The Bertz CT molecular complexity index is 1540. The summed E-state index contributed by atoms with van der Waals surface area (Å²) >= 11 is 0. The maximum atomic E-state index is 4.94. The summed E-state index contributed by atoms with van der Waals surface area (Å²) in [6.45, 7) is 0.839. The van der Waals surface area contributed by atoms with Crippen LogP contribution in [0, 0.1) is 0 Å². The van der Waals surface area contributed by atoms with Crippen LogP contribution in [0.3, 0.4) is 0 Å². The molecule has 0 unspecified atom stereocenters. The molecule has 0 saturated heterocycles. The second-order valence-corrected chi connectivity index (χ2v) is 10.4. The molecule has 0 spiro atoms. The van der Waals surface area contributed by atoms with Crippen molar-refractivity contribution in [2.75, 3.05) is 24.3 Å². The first-order valence-corrected chi connectivity index (χ1v) is 13.5. The lowest BCUT2D eigenvalue weighted by molar-refractivity contribution is 0.352. The lowest BCUT2D eigenvalue weighted by atomic mass is 9.91. The van der Waals surface area contributed by atoms with Crippen molar-refractivity contribution in [2.24, 2.45) is 0 Å². The summed E-state index contributed by atoms with van der Waals surface area (Å²) in [5.74, 6) is 1.67. The molecule has 5 aromatic rings. The smallest absolute Gasteiger partial charge is 0.225 e. The standard InChI is InChI=1S/C32H34N6/c1-38(2)31-27-13-7-9-15-29(27)36-32(37-31)34-25-18-16-24(17-19-25)33-21-23-20-30(22-10-4-3-5-11-22)35-28-14-8-6-12-26(23)28/h3-15,20,24-25,33H,16-19,21H2,1-2H3,(H,34,36,37). The Labute approximate surface area is 224 Å². The quantitative estimate of drug-likeness (QED) is 0.268. The number of nitrogens with one attached hydrogen (secondary N) is 2. The zero-order valence-corrected chi connectivity index (χ0v) is 22.1.